The van der Waals surface area contributed by atoms with Crippen LogP contribution < -0.4 is 9.46 Å². The first-order chi connectivity index (χ1) is 17.3. The first-order valence-electron chi connectivity index (χ1n) is 13.3. The smallest absolute Gasteiger partial charge is 0.410 e. The summed E-state index contributed by atoms with van der Waals surface area (Å²) in [5, 5.41) is 9.52. The molecule has 2 rings (SSSR count). The number of likely N-dealkylation sites (tertiary alicyclic amines) is 1. The number of carbonyl (C=O) groups is 2. The molecule has 1 aromatic carbocycles. The number of ether oxygens (including phenoxy) is 2. The van der Waals surface area contributed by atoms with Gasteiger partial charge in [0.15, 0.2) is 0 Å². The normalized spacial score (nSPS) is 16.7. The average Bonchev–Trinajstić information content (AvgIpc) is 2.82. The van der Waals surface area contributed by atoms with Gasteiger partial charge in [0.1, 0.15) is 23.5 Å². The van der Waals surface area contributed by atoms with E-state index in [1.54, 1.807) is 29.2 Å². The molecule has 0 aromatic heterocycles. The lowest BCUT2D eigenvalue weighted by Crippen LogP contribution is -2.44. The molecule has 10 heteroatoms. The van der Waals surface area contributed by atoms with E-state index in [1.165, 1.54) is 0 Å². The fourth-order valence-electron chi connectivity index (χ4n) is 4.36. The monoisotopic (exact) mass is 540 g/mol. The third-order valence-corrected chi connectivity index (χ3v) is 7.80. The summed E-state index contributed by atoms with van der Waals surface area (Å²) in [5.41, 5.74) is 0.188. The molecule has 9 nitrogen and oxygen atoms in total. The van der Waals surface area contributed by atoms with Gasteiger partial charge in [-0.2, -0.15) is 0 Å². The van der Waals surface area contributed by atoms with Crippen molar-refractivity contribution in [3.63, 3.8) is 0 Å². The lowest BCUT2D eigenvalue weighted by Gasteiger charge is -2.36. The number of nitrogens with zero attached hydrogens (tertiary/aromatic N) is 1. The number of carboxylic acids is 1. The summed E-state index contributed by atoms with van der Waals surface area (Å²) < 4.78 is 38.5. The lowest BCUT2D eigenvalue weighted by atomic mass is 9.89. The highest BCUT2D eigenvalue weighted by Gasteiger charge is 2.31. The van der Waals surface area contributed by atoms with Crippen molar-refractivity contribution < 1.29 is 32.6 Å². The minimum absolute atomic E-state index is 0.00813. The van der Waals surface area contributed by atoms with Gasteiger partial charge in [-0.1, -0.05) is 38.8 Å². The first kappa shape index (κ1) is 30.9. The van der Waals surface area contributed by atoms with E-state index in [0.717, 1.165) is 25.7 Å². The summed E-state index contributed by atoms with van der Waals surface area (Å²) in [6, 6.07) is 5.94. The van der Waals surface area contributed by atoms with E-state index in [4.69, 9.17) is 9.47 Å². The molecular weight excluding hydrogens is 496 g/mol. The van der Waals surface area contributed by atoms with Crippen molar-refractivity contribution in [1.29, 1.82) is 0 Å². The van der Waals surface area contributed by atoms with Crippen molar-refractivity contribution in [3.8, 4) is 5.75 Å². The highest BCUT2D eigenvalue weighted by atomic mass is 32.2. The molecule has 1 aliphatic heterocycles. The van der Waals surface area contributed by atoms with Crippen molar-refractivity contribution in [1.82, 2.24) is 9.62 Å². The van der Waals surface area contributed by atoms with E-state index in [9.17, 15) is 23.1 Å². The van der Waals surface area contributed by atoms with Crippen LogP contribution in [0.1, 0.15) is 78.7 Å². The Morgan fingerprint density at radius 2 is 1.73 bits per heavy atom. The Morgan fingerprint density at radius 3 is 2.24 bits per heavy atom. The quantitative estimate of drug-likeness (QED) is 0.375. The largest absolute Gasteiger partial charge is 0.490 e. The van der Waals surface area contributed by atoms with Gasteiger partial charge >= 0.3 is 12.1 Å². The van der Waals surface area contributed by atoms with Gasteiger partial charge in [0.2, 0.25) is 10.0 Å². The summed E-state index contributed by atoms with van der Waals surface area (Å²) in [5.74, 6) is -0.296. The number of aliphatic carboxylic acids is 1. The van der Waals surface area contributed by atoms with Crippen LogP contribution in [0.2, 0.25) is 0 Å². The summed E-state index contributed by atoms with van der Waals surface area (Å²) >= 11 is 0. The lowest BCUT2D eigenvalue weighted by molar-refractivity contribution is -0.138. The molecule has 1 heterocycles. The molecule has 1 fully saturated rings. The SMILES string of the molecule is CCCCS(=O)(=O)NC(Cc1ccc(OC(CCC)C2CCN(C(=O)OC(C)(C)C)CC2)cc1)C(=O)O. The van der Waals surface area contributed by atoms with Gasteiger partial charge in [-0.15, -0.1) is 0 Å². The van der Waals surface area contributed by atoms with Gasteiger partial charge < -0.3 is 19.5 Å². The number of unbranched alkanes of at least 4 members (excludes halogenated alkanes) is 1. The fraction of sp³-hybridized carbons (Fsp3) is 0.704. The van der Waals surface area contributed by atoms with Gasteiger partial charge in [0, 0.05) is 13.1 Å². The van der Waals surface area contributed by atoms with Crippen LogP contribution in [0, 0.1) is 5.92 Å². The molecule has 0 radical (unpaired) electrons. The molecule has 210 valence electrons. The number of benzene rings is 1. The Hall–Kier alpha value is -2.33. The van der Waals surface area contributed by atoms with Crippen molar-refractivity contribution in [2.24, 2.45) is 5.92 Å². The molecule has 1 aromatic rings. The van der Waals surface area contributed by atoms with Crippen LogP contribution >= 0.6 is 0 Å². The van der Waals surface area contributed by atoms with Crippen LogP contribution in [0.15, 0.2) is 24.3 Å². The number of carboxylic acid groups (broad SMARTS) is 1. The third kappa shape index (κ3) is 10.9. The molecule has 1 aliphatic rings. The van der Waals surface area contributed by atoms with Crippen molar-refractivity contribution in [2.45, 2.75) is 97.3 Å². The zero-order chi connectivity index (χ0) is 27.6. The van der Waals surface area contributed by atoms with E-state index in [2.05, 4.69) is 11.6 Å². The zero-order valence-electron chi connectivity index (χ0n) is 22.9. The Bertz CT molecular complexity index is 965. The molecule has 2 N–H and O–H groups in total. The van der Waals surface area contributed by atoms with Crippen LogP contribution in [0.25, 0.3) is 0 Å². The van der Waals surface area contributed by atoms with Crippen LogP contribution in [0.5, 0.6) is 5.75 Å². The predicted molar refractivity (Wildman–Crippen MR) is 143 cm³/mol. The minimum Gasteiger partial charge on any atom is -0.490 e. The second-order valence-corrected chi connectivity index (χ2v) is 12.7. The molecular formula is C27H44N2O7S. The number of amides is 1. The summed E-state index contributed by atoms with van der Waals surface area (Å²) in [7, 11) is -3.66. The van der Waals surface area contributed by atoms with Gasteiger partial charge in [0.25, 0.3) is 0 Å². The molecule has 1 amide bonds. The third-order valence-electron chi connectivity index (χ3n) is 6.33. The molecule has 0 aliphatic carbocycles. The van der Waals surface area contributed by atoms with Crippen molar-refractivity contribution in [3.05, 3.63) is 29.8 Å². The summed E-state index contributed by atoms with van der Waals surface area (Å²) in [6.07, 6.45) is 4.49. The molecule has 0 bridgehead atoms. The molecule has 0 saturated carbocycles. The van der Waals surface area contributed by atoms with Gasteiger partial charge in [-0.25, -0.2) is 17.9 Å². The second kappa shape index (κ2) is 14.0. The van der Waals surface area contributed by atoms with Crippen LogP contribution in [0.3, 0.4) is 0 Å². The number of piperidine rings is 1. The Morgan fingerprint density at radius 1 is 1.11 bits per heavy atom. The van der Waals surface area contributed by atoms with Crippen molar-refractivity contribution in [2.75, 3.05) is 18.8 Å². The highest BCUT2D eigenvalue weighted by molar-refractivity contribution is 7.89. The van der Waals surface area contributed by atoms with Gasteiger partial charge in [0.05, 0.1) is 5.75 Å². The van der Waals surface area contributed by atoms with Crippen LogP contribution in [-0.4, -0.2) is 67.1 Å². The van der Waals surface area contributed by atoms with Gasteiger partial charge in [-0.05, 0) is 76.5 Å². The zero-order valence-corrected chi connectivity index (χ0v) is 23.7. The van der Waals surface area contributed by atoms with E-state index >= 15 is 0 Å². The maximum atomic E-state index is 12.4. The Balaban J connectivity index is 1.97. The van der Waals surface area contributed by atoms with Crippen LogP contribution in [0.4, 0.5) is 4.79 Å². The molecule has 2 unspecified atom stereocenters. The number of hydrogen-bond donors (Lipinski definition) is 2. The number of rotatable bonds is 13. The summed E-state index contributed by atoms with van der Waals surface area (Å²) in [6.45, 7) is 10.8. The molecule has 37 heavy (non-hydrogen) atoms. The van der Waals surface area contributed by atoms with Crippen LogP contribution in [-0.2, 0) is 26.0 Å². The van der Waals surface area contributed by atoms with E-state index in [1.807, 2.05) is 27.7 Å². The topological polar surface area (TPSA) is 122 Å². The number of nitrogens with one attached hydrogen (secondary N) is 1. The number of hydrogen-bond acceptors (Lipinski definition) is 6. The molecule has 2 atom stereocenters. The molecule has 0 spiro atoms. The fourth-order valence-corrected chi connectivity index (χ4v) is 5.76. The second-order valence-electron chi connectivity index (χ2n) is 10.8. The van der Waals surface area contributed by atoms with Crippen molar-refractivity contribution >= 4 is 22.1 Å². The minimum atomic E-state index is -3.66. The highest BCUT2D eigenvalue weighted by Crippen LogP contribution is 2.28. The average molecular weight is 541 g/mol. The maximum Gasteiger partial charge on any atom is 0.410 e. The Kier molecular flexibility index (Phi) is 11.7. The predicted octanol–water partition coefficient (Wildman–Crippen LogP) is 4.60. The van der Waals surface area contributed by atoms with Gasteiger partial charge in [-0.3, -0.25) is 4.79 Å². The maximum absolute atomic E-state index is 12.4. The van der Waals surface area contributed by atoms with E-state index < -0.39 is 27.6 Å². The standard InChI is InChI=1S/C27H44N2O7S/c1-6-8-18-37(33,34)28-23(25(30)31)19-20-10-12-22(13-11-20)35-24(9-7-2)21-14-16-29(17-15-21)26(32)36-27(3,4)5/h10-13,21,23-24,28H,6-9,14-19H2,1-5H3,(H,30,31). The van der Waals surface area contributed by atoms with E-state index in [0.29, 0.717) is 43.2 Å². The number of sulfonamides is 1. The van der Waals surface area contributed by atoms with E-state index in [-0.39, 0.29) is 24.4 Å². The summed E-state index contributed by atoms with van der Waals surface area (Å²) in [4.78, 5) is 25.8. The number of carbonyl (C=O) groups excluding carboxylic acids is 1. The molecule has 1 saturated heterocycles. The first-order valence-corrected chi connectivity index (χ1v) is 14.9. The Labute approximate surface area is 222 Å².